The molecule has 19 nitrogen and oxygen atoms in total. The second kappa shape index (κ2) is 16.1. The first kappa shape index (κ1) is 35.8. The van der Waals surface area contributed by atoms with Crippen LogP contribution in [0, 0.1) is 0 Å². The molecule has 3 aliphatic rings. The molecule has 0 saturated carbocycles. The van der Waals surface area contributed by atoms with Crippen LogP contribution in [-0.4, -0.2) is 178 Å². The van der Waals surface area contributed by atoms with E-state index >= 15 is 0 Å². The van der Waals surface area contributed by atoms with Gasteiger partial charge in [0.25, 0.3) is 0 Å². The Labute approximate surface area is 246 Å². The molecule has 3 heterocycles. The van der Waals surface area contributed by atoms with Gasteiger partial charge in [0.05, 0.1) is 26.4 Å². The first-order valence-electron chi connectivity index (χ1n) is 13.7. The number of nitrogens with one attached hydrogen (secondary N) is 2. The Morgan fingerprint density at radius 2 is 1.14 bits per heavy atom. The van der Waals surface area contributed by atoms with E-state index in [4.69, 9.17) is 34.2 Å². The van der Waals surface area contributed by atoms with Crippen molar-refractivity contribution in [1.82, 2.24) is 10.6 Å². The number of carbonyl (C=O) groups excluding carboxylic acids is 2. The highest BCUT2D eigenvalue weighted by molar-refractivity contribution is 5.73. The molecule has 3 aliphatic heterocycles. The summed E-state index contributed by atoms with van der Waals surface area (Å²) < 4.78 is 33.8. The van der Waals surface area contributed by atoms with Crippen LogP contribution < -0.4 is 16.4 Å². The summed E-state index contributed by atoms with van der Waals surface area (Å²) in [6.07, 6.45) is -20.6. The average Bonchev–Trinajstić information content (AvgIpc) is 2.96. The predicted octanol–water partition coefficient (Wildman–Crippen LogP) is -7.30. The van der Waals surface area contributed by atoms with Crippen LogP contribution in [0.1, 0.15) is 13.8 Å². The summed E-state index contributed by atoms with van der Waals surface area (Å²) in [4.78, 5) is 23.6. The number of amides is 2. The van der Waals surface area contributed by atoms with E-state index < -0.39 is 124 Å². The zero-order valence-electron chi connectivity index (χ0n) is 23.6. The molecule has 3 saturated heterocycles. The molecule has 15 atom stereocenters. The lowest BCUT2D eigenvalue weighted by Crippen LogP contribution is -2.69. The van der Waals surface area contributed by atoms with E-state index in [9.17, 15) is 50.4 Å². The van der Waals surface area contributed by atoms with Crippen LogP contribution in [0.4, 0.5) is 0 Å². The SMILES string of the molecule is CC(=O)N[C@H]1[C@H](OCCN)O[C@H](CO)[C@@H](O[C@@H]2O[C@H](CO)[C@H](O)[C@H](O[C@@H]3O[C@H](CO)[C@@H](O)[C@H](O)[C@H]3NC(C)=O)[C@H]2O)[C@@H]1O. The van der Waals surface area contributed by atoms with Crippen LogP contribution in [0.5, 0.6) is 0 Å². The number of aliphatic hydroxyl groups excluding tert-OH is 8. The topological polar surface area (TPSA) is 301 Å². The van der Waals surface area contributed by atoms with Crippen molar-refractivity contribution in [3.63, 3.8) is 0 Å². The molecule has 0 radical (unpaired) electrons. The molecule has 0 aliphatic carbocycles. The van der Waals surface area contributed by atoms with Crippen molar-refractivity contribution in [2.24, 2.45) is 5.73 Å². The van der Waals surface area contributed by atoms with Gasteiger partial charge < -0.3 is 85.6 Å². The van der Waals surface area contributed by atoms with Gasteiger partial charge >= 0.3 is 0 Å². The molecule has 0 spiro atoms. The Morgan fingerprint density at radius 1 is 0.651 bits per heavy atom. The zero-order chi connectivity index (χ0) is 32.0. The predicted molar refractivity (Wildman–Crippen MR) is 137 cm³/mol. The summed E-state index contributed by atoms with van der Waals surface area (Å²) in [5.74, 6) is -1.21. The van der Waals surface area contributed by atoms with Gasteiger partial charge in [0.15, 0.2) is 18.9 Å². The van der Waals surface area contributed by atoms with Crippen molar-refractivity contribution >= 4 is 11.8 Å². The molecule has 3 rings (SSSR count). The molecule has 19 heteroatoms. The van der Waals surface area contributed by atoms with Crippen LogP contribution in [0.25, 0.3) is 0 Å². The first-order valence-corrected chi connectivity index (χ1v) is 13.7. The summed E-state index contributed by atoms with van der Waals surface area (Å²) >= 11 is 0. The van der Waals surface area contributed by atoms with Crippen molar-refractivity contribution in [1.29, 1.82) is 0 Å². The van der Waals surface area contributed by atoms with E-state index in [2.05, 4.69) is 10.6 Å². The third-order valence-corrected chi connectivity index (χ3v) is 7.28. The number of aliphatic hydroxyl groups is 8. The molecule has 0 bridgehead atoms. The third kappa shape index (κ3) is 8.34. The van der Waals surface area contributed by atoms with Crippen molar-refractivity contribution in [2.45, 2.75) is 106 Å². The van der Waals surface area contributed by atoms with E-state index in [0.29, 0.717) is 0 Å². The molecule has 0 unspecified atom stereocenters. The normalized spacial score (nSPS) is 43.7. The number of ether oxygens (including phenoxy) is 6. The van der Waals surface area contributed by atoms with E-state index in [1.165, 1.54) is 6.92 Å². The number of carbonyl (C=O) groups is 2. The molecule has 0 aromatic heterocycles. The first-order chi connectivity index (χ1) is 20.4. The van der Waals surface area contributed by atoms with Crippen LogP contribution in [0.2, 0.25) is 0 Å². The van der Waals surface area contributed by atoms with Gasteiger partial charge in [-0.05, 0) is 0 Å². The molecule has 3 fully saturated rings. The molecule has 2 amide bonds. The maximum absolute atomic E-state index is 11.8. The lowest BCUT2D eigenvalue weighted by atomic mass is 9.94. The van der Waals surface area contributed by atoms with Crippen molar-refractivity contribution in [2.75, 3.05) is 33.0 Å². The Morgan fingerprint density at radius 3 is 1.67 bits per heavy atom. The maximum atomic E-state index is 11.8. The maximum Gasteiger partial charge on any atom is 0.217 e. The number of rotatable bonds is 12. The quantitative estimate of drug-likeness (QED) is 0.0955. The lowest BCUT2D eigenvalue weighted by molar-refractivity contribution is -0.369. The minimum atomic E-state index is -1.91. The summed E-state index contributed by atoms with van der Waals surface area (Å²) in [6, 6.07) is -2.65. The third-order valence-electron chi connectivity index (χ3n) is 7.28. The van der Waals surface area contributed by atoms with Crippen molar-refractivity contribution in [3.8, 4) is 0 Å². The monoisotopic (exact) mass is 629 g/mol. The largest absolute Gasteiger partial charge is 0.394 e. The van der Waals surface area contributed by atoms with Crippen LogP contribution >= 0.6 is 0 Å². The van der Waals surface area contributed by atoms with Crippen molar-refractivity contribution in [3.05, 3.63) is 0 Å². The Bertz CT molecular complexity index is 905. The van der Waals surface area contributed by atoms with Crippen LogP contribution in [0.3, 0.4) is 0 Å². The summed E-state index contributed by atoms with van der Waals surface area (Å²) in [7, 11) is 0. The highest BCUT2D eigenvalue weighted by Crippen LogP contribution is 2.32. The van der Waals surface area contributed by atoms with E-state index in [-0.39, 0.29) is 13.2 Å². The fraction of sp³-hybridized carbons (Fsp3) is 0.917. The van der Waals surface area contributed by atoms with Gasteiger partial charge in [0, 0.05) is 20.4 Å². The second-order valence-corrected chi connectivity index (χ2v) is 10.4. The molecule has 0 aromatic rings. The molecular formula is C24H43N3O16. The number of hydrogen-bond acceptors (Lipinski definition) is 17. The van der Waals surface area contributed by atoms with Crippen molar-refractivity contribution < 1.29 is 78.9 Å². The fourth-order valence-electron chi connectivity index (χ4n) is 5.17. The van der Waals surface area contributed by atoms with Gasteiger partial charge in [-0.2, -0.15) is 0 Å². The highest BCUT2D eigenvalue weighted by Gasteiger charge is 2.54. The highest BCUT2D eigenvalue weighted by atomic mass is 16.7. The average molecular weight is 630 g/mol. The standard InChI is InChI=1S/C24H43N3O16/c1-8(31)26-13-17(35)15(33)10(5-28)39-23(13)43-21-16(34)11(6-29)40-24(19(21)37)42-20-12(7-30)41-22(38-4-3-25)14(18(20)36)27-9(2)32/h10-24,28-30,33-37H,3-7,25H2,1-2H3,(H,26,31)(H,27,32)/t10-,11-,12-,13-,14-,15-,16+,17-,18-,19-,20-,21+,22-,23+,24+/m1/s1. The van der Waals surface area contributed by atoms with Gasteiger partial charge in [0.2, 0.25) is 11.8 Å². The Hall–Kier alpha value is -1.66. The lowest BCUT2D eigenvalue weighted by Gasteiger charge is -2.49. The fourth-order valence-corrected chi connectivity index (χ4v) is 5.17. The van der Waals surface area contributed by atoms with Gasteiger partial charge in [-0.3, -0.25) is 9.59 Å². The van der Waals surface area contributed by atoms with E-state index in [0.717, 1.165) is 6.92 Å². The molecule has 43 heavy (non-hydrogen) atoms. The van der Waals surface area contributed by atoms with Gasteiger partial charge in [-0.1, -0.05) is 0 Å². The Balaban J connectivity index is 1.86. The minimum Gasteiger partial charge on any atom is -0.394 e. The van der Waals surface area contributed by atoms with E-state index in [1.807, 2.05) is 0 Å². The molecule has 12 N–H and O–H groups in total. The molecule has 0 aromatic carbocycles. The second-order valence-electron chi connectivity index (χ2n) is 10.4. The summed E-state index contributed by atoms with van der Waals surface area (Å²) in [5.41, 5.74) is 5.47. The Kier molecular flexibility index (Phi) is 13.4. The molecular weight excluding hydrogens is 586 g/mol. The summed E-state index contributed by atoms with van der Waals surface area (Å²) in [5, 5.41) is 88.3. The zero-order valence-corrected chi connectivity index (χ0v) is 23.6. The summed E-state index contributed by atoms with van der Waals surface area (Å²) in [6.45, 7) is 0.0815. The smallest absolute Gasteiger partial charge is 0.217 e. The molecule has 250 valence electrons. The van der Waals surface area contributed by atoms with Gasteiger partial charge in [-0.25, -0.2) is 0 Å². The van der Waals surface area contributed by atoms with Gasteiger partial charge in [-0.15, -0.1) is 0 Å². The minimum absolute atomic E-state index is 0.0116. The van der Waals surface area contributed by atoms with Crippen LogP contribution in [-0.2, 0) is 38.0 Å². The number of hydrogen-bond donors (Lipinski definition) is 11. The van der Waals surface area contributed by atoms with Crippen LogP contribution in [0.15, 0.2) is 0 Å². The van der Waals surface area contributed by atoms with Gasteiger partial charge in [0.1, 0.15) is 73.1 Å². The number of nitrogens with two attached hydrogens (primary N) is 1. The van der Waals surface area contributed by atoms with E-state index in [1.54, 1.807) is 0 Å².